The van der Waals surface area contributed by atoms with Crippen molar-refractivity contribution in [3.63, 3.8) is 0 Å². The molecule has 18 heavy (non-hydrogen) atoms. The van der Waals surface area contributed by atoms with Crippen LogP contribution in [-0.4, -0.2) is 20.5 Å². The van der Waals surface area contributed by atoms with Gasteiger partial charge in [0.05, 0.1) is 0 Å². The van der Waals surface area contributed by atoms with Crippen molar-refractivity contribution in [3.05, 3.63) is 54.5 Å². The molecule has 3 rings (SSSR count). The van der Waals surface area contributed by atoms with Gasteiger partial charge in [-0.3, -0.25) is 4.79 Å². The molecule has 0 spiro atoms. The highest BCUT2D eigenvalue weighted by atomic mass is 16.1. The van der Waals surface area contributed by atoms with Gasteiger partial charge < -0.3 is 5.73 Å². The van der Waals surface area contributed by atoms with Gasteiger partial charge in [0.25, 0.3) is 5.91 Å². The number of rotatable bonds is 2. The van der Waals surface area contributed by atoms with Crippen LogP contribution in [0, 0.1) is 0 Å². The number of hydrogen-bond donors (Lipinski definition) is 1. The quantitative estimate of drug-likeness (QED) is 0.735. The van der Waals surface area contributed by atoms with Gasteiger partial charge in [-0.25, -0.2) is 9.50 Å². The minimum Gasteiger partial charge on any atom is -0.363 e. The molecule has 3 aromatic rings. The molecule has 1 aromatic carbocycles. The maximum atomic E-state index is 11.1. The second-order valence-electron chi connectivity index (χ2n) is 3.86. The summed E-state index contributed by atoms with van der Waals surface area (Å²) in [4.78, 5) is 15.3. The second kappa shape index (κ2) is 3.96. The molecule has 0 radical (unpaired) electrons. The fourth-order valence-corrected chi connectivity index (χ4v) is 1.85. The standard InChI is InChI=1S/C13H10N4O/c14-11(18)12-15-13-10(7-4-8-17(13)16-12)9-5-2-1-3-6-9/h1-8H,(H2,14,18). The van der Waals surface area contributed by atoms with E-state index in [0.29, 0.717) is 5.65 Å². The number of fused-ring (bicyclic) bond motifs is 1. The second-order valence-corrected chi connectivity index (χ2v) is 3.86. The number of primary amides is 1. The molecule has 2 N–H and O–H groups in total. The molecule has 2 heterocycles. The molecule has 0 atom stereocenters. The Labute approximate surface area is 103 Å². The summed E-state index contributed by atoms with van der Waals surface area (Å²) in [6, 6.07) is 13.6. The lowest BCUT2D eigenvalue weighted by Gasteiger charge is -2.01. The fraction of sp³-hybridized carbons (Fsp3) is 0. The molecule has 0 saturated heterocycles. The average molecular weight is 238 g/mol. The number of carbonyl (C=O) groups is 1. The molecule has 5 heteroatoms. The molecule has 2 aromatic heterocycles. The van der Waals surface area contributed by atoms with Crippen LogP contribution in [0.4, 0.5) is 0 Å². The highest BCUT2D eigenvalue weighted by molar-refractivity contribution is 5.90. The van der Waals surface area contributed by atoms with Gasteiger partial charge >= 0.3 is 0 Å². The maximum Gasteiger partial charge on any atom is 0.288 e. The van der Waals surface area contributed by atoms with E-state index < -0.39 is 5.91 Å². The van der Waals surface area contributed by atoms with Crippen molar-refractivity contribution in [1.82, 2.24) is 14.6 Å². The zero-order valence-electron chi connectivity index (χ0n) is 9.45. The van der Waals surface area contributed by atoms with Crippen molar-refractivity contribution in [2.75, 3.05) is 0 Å². The number of hydrogen-bond acceptors (Lipinski definition) is 3. The van der Waals surface area contributed by atoms with Crippen LogP contribution >= 0.6 is 0 Å². The summed E-state index contributed by atoms with van der Waals surface area (Å²) in [5, 5.41) is 4.03. The molecule has 0 bridgehead atoms. The van der Waals surface area contributed by atoms with Gasteiger partial charge in [0.2, 0.25) is 5.82 Å². The van der Waals surface area contributed by atoms with E-state index in [0.717, 1.165) is 11.1 Å². The summed E-state index contributed by atoms with van der Waals surface area (Å²) >= 11 is 0. The largest absolute Gasteiger partial charge is 0.363 e. The minimum atomic E-state index is -0.627. The molecule has 88 valence electrons. The van der Waals surface area contributed by atoms with Crippen LogP contribution in [0.1, 0.15) is 10.6 Å². The van der Waals surface area contributed by atoms with E-state index in [-0.39, 0.29) is 5.82 Å². The first-order valence-corrected chi connectivity index (χ1v) is 5.46. The lowest BCUT2D eigenvalue weighted by atomic mass is 10.1. The van der Waals surface area contributed by atoms with Crippen molar-refractivity contribution in [2.45, 2.75) is 0 Å². The van der Waals surface area contributed by atoms with Crippen molar-refractivity contribution in [2.24, 2.45) is 5.73 Å². The smallest absolute Gasteiger partial charge is 0.288 e. The molecule has 1 amide bonds. The third kappa shape index (κ3) is 1.62. The Balaban J connectivity index is 2.27. The SMILES string of the molecule is NC(=O)c1nc2c(-c3ccccc3)cccn2n1. The normalized spacial score (nSPS) is 10.7. The summed E-state index contributed by atoms with van der Waals surface area (Å²) in [7, 11) is 0. The topological polar surface area (TPSA) is 73.3 Å². The number of amides is 1. The number of aromatic nitrogens is 3. The highest BCUT2D eigenvalue weighted by Crippen LogP contribution is 2.22. The van der Waals surface area contributed by atoms with E-state index in [1.165, 1.54) is 0 Å². The zero-order valence-corrected chi connectivity index (χ0v) is 9.45. The molecule has 0 aliphatic rings. The molecule has 0 saturated carbocycles. The Bertz CT molecular complexity index is 718. The van der Waals surface area contributed by atoms with E-state index in [9.17, 15) is 4.79 Å². The van der Waals surface area contributed by atoms with E-state index in [1.54, 1.807) is 10.7 Å². The number of pyridine rings is 1. The summed E-state index contributed by atoms with van der Waals surface area (Å²) in [6.07, 6.45) is 1.74. The van der Waals surface area contributed by atoms with Gasteiger partial charge in [0.1, 0.15) is 0 Å². The Kier molecular flexibility index (Phi) is 2.30. The Morgan fingerprint density at radius 2 is 1.89 bits per heavy atom. The van der Waals surface area contributed by atoms with Gasteiger partial charge in [0.15, 0.2) is 5.65 Å². The van der Waals surface area contributed by atoms with Crippen LogP contribution in [0.5, 0.6) is 0 Å². The molecular formula is C13H10N4O. The summed E-state index contributed by atoms with van der Waals surface area (Å²) < 4.78 is 1.56. The molecule has 0 aliphatic carbocycles. The predicted octanol–water partition coefficient (Wildman–Crippen LogP) is 1.50. The number of benzene rings is 1. The zero-order chi connectivity index (χ0) is 12.5. The van der Waals surface area contributed by atoms with Crippen molar-refractivity contribution in [1.29, 1.82) is 0 Å². The van der Waals surface area contributed by atoms with Crippen LogP contribution in [0.25, 0.3) is 16.8 Å². The van der Waals surface area contributed by atoms with Crippen LogP contribution in [-0.2, 0) is 0 Å². The maximum absolute atomic E-state index is 11.1. The first-order chi connectivity index (χ1) is 8.75. The minimum absolute atomic E-state index is 0.0263. The molecule has 0 unspecified atom stereocenters. The molecule has 0 aliphatic heterocycles. The number of nitrogens with zero attached hydrogens (tertiary/aromatic N) is 3. The van der Waals surface area contributed by atoms with Gasteiger partial charge in [-0.2, -0.15) is 0 Å². The van der Waals surface area contributed by atoms with Crippen molar-refractivity contribution in [3.8, 4) is 11.1 Å². The molecule has 5 nitrogen and oxygen atoms in total. The van der Waals surface area contributed by atoms with E-state index in [4.69, 9.17) is 5.73 Å². The van der Waals surface area contributed by atoms with Gasteiger partial charge in [0, 0.05) is 11.8 Å². The van der Waals surface area contributed by atoms with Gasteiger partial charge in [-0.05, 0) is 17.7 Å². The third-order valence-corrected chi connectivity index (χ3v) is 2.67. The first-order valence-electron chi connectivity index (χ1n) is 5.46. The molecule has 0 fully saturated rings. The summed E-state index contributed by atoms with van der Waals surface area (Å²) in [5.41, 5.74) is 7.75. The Hall–Kier alpha value is -2.69. The van der Waals surface area contributed by atoms with Crippen LogP contribution < -0.4 is 5.73 Å². The van der Waals surface area contributed by atoms with Gasteiger partial charge in [-0.15, -0.1) is 5.10 Å². The summed E-state index contributed by atoms with van der Waals surface area (Å²) in [5.74, 6) is -0.601. The monoisotopic (exact) mass is 238 g/mol. The lowest BCUT2D eigenvalue weighted by Crippen LogP contribution is -2.12. The van der Waals surface area contributed by atoms with E-state index in [1.807, 2.05) is 42.5 Å². The average Bonchev–Trinajstić information content (AvgIpc) is 2.83. The lowest BCUT2D eigenvalue weighted by molar-refractivity contribution is 0.0990. The Morgan fingerprint density at radius 1 is 1.11 bits per heavy atom. The van der Waals surface area contributed by atoms with E-state index in [2.05, 4.69) is 10.1 Å². The van der Waals surface area contributed by atoms with Crippen LogP contribution in [0.15, 0.2) is 48.7 Å². The van der Waals surface area contributed by atoms with Crippen LogP contribution in [0.2, 0.25) is 0 Å². The third-order valence-electron chi connectivity index (χ3n) is 2.67. The fourth-order valence-electron chi connectivity index (χ4n) is 1.85. The summed E-state index contributed by atoms with van der Waals surface area (Å²) in [6.45, 7) is 0. The Morgan fingerprint density at radius 3 is 2.61 bits per heavy atom. The van der Waals surface area contributed by atoms with Crippen molar-refractivity contribution >= 4 is 11.6 Å². The van der Waals surface area contributed by atoms with Gasteiger partial charge in [-0.1, -0.05) is 30.3 Å². The van der Waals surface area contributed by atoms with Crippen molar-refractivity contribution < 1.29 is 4.79 Å². The number of carbonyl (C=O) groups excluding carboxylic acids is 1. The highest BCUT2D eigenvalue weighted by Gasteiger charge is 2.12. The number of nitrogens with two attached hydrogens (primary N) is 1. The van der Waals surface area contributed by atoms with Crippen LogP contribution in [0.3, 0.4) is 0 Å². The van der Waals surface area contributed by atoms with E-state index >= 15 is 0 Å². The predicted molar refractivity (Wildman–Crippen MR) is 66.9 cm³/mol. The molecular weight excluding hydrogens is 228 g/mol. The first kappa shape index (κ1) is 10.5.